The lowest BCUT2D eigenvalue weighted by atomic mass is 9.89. The summed E-state index contributed by atoms with van der Waals surface area (Å²) >= 11 is 0. The molecular formula is C34H39NO4Si. The van der Waals surface area contributed by atoms with Crippen molar-refractivity contribution >= 4 is 30.7 Å². The average molecular weight is 554 g/mol. The highest BCUT2D eigenvalue weighted by molar-refractivity contribution is 6.99. The minimum atomic E-state index is -2.76. The molecule has 6 heteroatoms. The second-order valence-corrected chi connectivity index (χ2v) is 17.1. The van der Waals surface area contributed by atoms with Crippen molar-refractivity contribution < 1.29 is 18.8 Å². The van der Waals surface area contributed by atoms with Crippen LogP contribution in [0.25, 0.3) is 0 Å². The van der Waals surface area contributed by atoms with Gasteiger partial charge in [0.25, 0.3) is 8.32 Å². The lowest BCUT2D eigenvalue weighted by Gasteiger charge is -2.47. The smallest absolute Gasteiger partial charge is 0.417 e. The number of rotatable bonds is 7. The number of ether oxygens (including phenoxy) is 1. The first-order valence-corrected chi connectivity index (χ1v) is 16.5. The Morgan fingerprint density at radius 3 is 2.02 bits per heavy atom. The Bertz CT molecular complexity index is 1320. The third-order valence-electron chi connectivity index (χ3n) is 9.35. The number of fused-ring (bicyclic) bond motifs is 5. The lowest BCUT2D eigenvalue weighted by molar-refractivity contribution is -0.134. The summed E-state index contributed by atoms with van der Waals surface area (Å²) < 4.78 is 13.4. The molecule has 0 unspecified atom stereocenters. The van der Waals surface area contributed by atoms with Gasteiger partial charge in [-0.2, -0.15) is 0 Å². The number of hydrogen-bond donors (Lipinski definition) is 0. The van der Waals surface area contributed by atoms with Crippen LogP contribution in [-0.2, 0) is 20.4 Å². The van der Waals surface area contributed by atoms with Gasteiger partial charge in [0.2, 0.25) is 5.91 Å². The molecule has 3 aromatic rings. The van der Waals surface area contributed by atoms with Gasteiger partial charge in [-0.05, 0) is 40.2 Å². The second-order valence-electron chi connectivity index (χ2n) is 12.9. The van der Waals surface area contributed by atoms with Crippen LogP contribution >= 0.6 is 0 Å². The Labute approximate surface area is 238 Å². The Morgan fingerprint density at radius 2 is 1.48 bits per heavy atom. The molecule has 0 radical (unpaired) electrons. The van der Waals surface area contributed by atoms with Gasteiger partial charge >= 0.3 is 6.09 Å². The number of benzene rings is 3. The SMILES string of the molecule is C[C@H](Cc1ccccc1)C(=O)N1C(=O)O[C@@H]2[C@H]3C[C@@H]([C@@H]21)[C@@H](O[Si](c1ccccc1)(c1ccccc1)C(C)(C)C)C3. The van der Waals surface area contributed by atoms with E-state index in [9.17, 15) is 9.59 Å². The van der Waals surface area contributed by atoms with Crippen molar-refractivity contribution in [2.45, 2.75) is 70.2 Å². The molecule has 3 aromatic carbocycles. The van der Waals surface area contributed by atoms with Crippen LogP contribution < -0.4 is 10.4 Å². The van der Waals surface area contributed by atoms with E-state index in [-0.39, 0.29) is 46.9 Å². The first-order chi connectivity index (χ1) is 19.2. The van der Waals surface area contributed by atoms with Crippen molar-refractivity contribution in [1.82, 2.24) is 4.90 Å². The molecule has 0 aromatic heterocycles. The van der Waals surface area contributed by atoms with Gasteiger partial charge in [0.05, 0.1) is 12.1 Å². The summed E-state index contributed by atoms with van der Waals surface area (Å²) in [5.41, 5.74) is 1.09. The summed E-state index contributed by atoms with van der Waals surface area (Å²) in [5, 5.41) is 2.35. The van der Waals surface area contributed by atoms with Crippen molar-refractivity contribution in [1.29, 1.82) is 0 Å². The van der Waals surface area contributed by atoms with E-state index in [0.717, 1.165) is 18.4 Å². The quantitative estimate of drug-likeness (QED) is 0.359. The Kier molecular flexibility index (Phi) is 6.95. The van der Waals surface area contributed by atoms with Crippen molar-refractivity contribution in [3.63, 3.8) is 0 Å². The predicted octanol–water partition coefficient (Wildman–Crippen LogP) is 5.57. The number of amides is 2. The first-order valence-electron chi connectivity index (χ1n) is 14.6. The Balaban J connectivity index is 1.32. The van der Waals surface area contributed by atoms with E-state index in [1.165, 1.54) is 15.3 Å². The van der Waals surface area contributed by atoms with Crippen LogP contribution in [0.2, 0.25) is 5.04 Å². The van der Waals surface area contributed by atoms with Gasteiger partial charge in [0.15, 0.2) is 0 Å². The molecule has 3 fully saturated rings. The number of carbonyl (C=O) groups excluding carboxylic acids is 2. The molecule has 5 nitrogen and oxygen atoms in total. The molecule has 1 heterocycles. The summed E-state index contributed by atoms with van der Waals surface area (Å²) in [5.74, 6) is -0.178. The fourth-order valence-electron chi connectivity index (χ4n) is 7.60. The normalized spacial score (nSPS) is 26.4. The molecule has 1 saturated heterocycles. The third kappa shape index (κ3) is 4.42. The van der Waals surface area contributed by atoms with Crippen LogP contribution in [0.1, 0.15) is 46.1 Å². The molecular weight excluding hydrogens is 514 g/mol. The van der Waals surface area contributed by atoms with E-state index >= 15 is 0 Å². The van der Waals surface area contributed by atoms with Gasteiger partial charge in [0, 0.05) is 17.8 Å². The van der Waals surface area contributed by atoms with Crippen molar-refractivity contribution in [3.8, 4) is 0 Å². The van der Waals surface area contributed by atoms with Crippen LogP contribution in [0.3, 0.4) is 0 Å². The highest BCUT2D eigenvalue weighted by atomic mass is 28.4. The summed E-state index contributed by atoms with van der Waals surface area (Å²) in [6.45, 7) is 8.79. The van der Waals surface area contributed by atoms with Gasteiger partial charge in [-0.1, -0.05) is 119 Å². The van der Waals surface area contributed by atoms with Gasteiger partial charge in [-0.3, -0.25) is 4.79 Å². The average Bonchev–Trinajstić information content (AvgIpc) is 3.62. The number of imide groups is 1. The Hall–Kier alpha value is -3.22. The maximum atomic E-state index is 13.8. The largest absolute Gasteiger partial charge is 0.443 e. The minimum absolute atomic E-state index is 0.0493. The van der Waals surface area contributed by atoms with Gasteiger partial charge in [-0.25, -0.2) is 9.69 Å². The van der Waals surface area contributed by atoms with Gasteiger partial charge in [0.1, 0.15) is 6.10 Å². The zero-order valence-corrected chi connectivity index (χ0v) is 24.8. The highest BCUT2D eigenvalue weighted by Crippen LogP contribution is 2.54. The predicted molar refractivity (Wildman–Crippen MR) is 159 cm³/mol. The fourth-order valence-corrected chi connectivity index (χ4v) is 12.3. The summed E-state index contributed by atoms with van der Waals surface area (Å²) in [6, 6.07) is 31.1. The van der Waals surface area contributed by atoms with Gasteiger partial charge < -0.3 is 9.16 Å². The molecule has 40 heavy (non-hydrogen) atoms. The standard InChI is InChI=1S/C34H39NO4Si/c1-23(20-24-14-8-5-9-15-24)32(36)35-30-28-21-25(31(30)38-33(35)37)22-29(28)39-40(34(2,3)4,26-16-10-6-11-17-26)27-18-12-7-13-19-27/h5-19,23,25,28-31H,20-22H2,1-4H3/t23-,25+,28-,29+,30+,31-/m1/s1. The molecule has 2 saturated carbocycles. The summed E-state index contributed by atoms with van der Waals surface area (Å²) in [7, 11) is -2.76. The molecule has 208 valence electrons. The van der Waals surface area contributed by atoms with Crippen molar-refractivity contribution in [2.75, 3.05) is 0 Å². The lowest BCUT2D eigenvalue weighted by Crippen LogP contribution is -2.68. The molecule has 2 aliphatic carbocycles. The highest BCUT2D eigenvalue weighted by Gasteiger charge is 2.65. The molecule has 2 bridgehead atoms. The van der Waals surface area contributed by atoms with E-state index in [0.29, 0.717) is 6.42 Å². The zero-order chi connectivity index (χ0) is 28.1. The van der Waals surface area contributed by atoms with E-state index < -0.39 is 14.4 Å². The Morgan fingerprint density at radius 1 is 0.925 bits per heavy atom. The molecule has 1 aliphatic heterocycles. The van der Waals surface area contributed by atoms with Crippen molar-refractivity contribution in [3.05, 3.63) is 96.6 Å². The van der Waals surface area contributed by atoms with Crippen LogP contribution in [-0.4, -0.2) is 43.5 Å². The maximum absolute atomic E-state index is 13.8. The van der Waals surface area contributed by atoms with Crippen LogP contribution in [0.5, 0.6) is 0 Å². The second kappa shape index (κ2) is 10.3. The third-order valence-corrected chi connectivity index (χ3v) is 14.4. The topological polar surface area (TPSA) is 55.8 Å². The maximum Gasteiger partial charge on any atom is 0.417 e. The summed E-state index contributed by atoms with van der Waals surface area (Å²) in [4.78, 5) is 28.4. The monoisotopic (exact) mass is 553 g/mol. The van der Waals surface area contributed by atoms with Gasteiger partial charge in [-0.15, -0.1) is 0 Å². The van der Waals surface area contributed by atoms with Crippen molar-refractivity contribution in [2.24, 2.45) is 17.8 Å². The van der Waals surface area contributed by atoms with Crippen LogP contribution in [0, 0.1) is 17.8 Å². The van der Waals surface area contributed by atoms with Crippen LogP contribution in [0.15, 0.2) is 91.0 Å². The number of carbonyl (C=O) groups is 2. The van der Waals surface area contributed by atoms with E-state index in [1.807, 2.05) is 37.3 Å². The number of nitrogens with zero attached hydrogens (tertiary/aromatic N) is 1. The van der Waals surface area contributed by atoms with E-state index in [1.54, 1.807) is 0 Å². The molecule has 6 atom stereocenters. The summed E-state index contributed by atoms with van der Waals surface area (Å²) in [6.07, 6.45) is 1.60. The molecule has 0 spiro atoms. The molecule has 3 aliphatic rings. The minimum Gasteiger partial charge on any atom is -0.443 e. The van der Waals surface area contributed by atoms with Crippen LogP contribution in [0.4, 0.5) is 4.79 Å². The number of hydrogen-bond acceptors (Lipinski definition) is 4. The zero-order valence-electron chi connectivity index (χ0n) is 23.8. The molecule has 2 amide bonds. The molecule has 6 rings (SSSR count). The first kappa shape index (κ1) is 27.0. The molecule has 0 N–H and O–H groups in total. The van der Waals surface area contributed by atoms with E-state index in [2.05, 4.69) is 81.4 Å². The van der Waals surface area contributed by atoms with E-state index in [4.69, 9.17) is 9.16 Å². The fraction of sp³-hybridized carbons (Fsp3) is 0.412.